The van der Waals surface area contributed by atoms with E-state index in [9.17, 15) is 4.79 Å². The van der Waals surface area contributed by atoms with Gasteiger partial charge < -0.3 is 10.1 Å². The SMILES string of the molecule is C#CCCNC(=O)c1cccc(OCCC)c1. The van der Waals surface area contributed by atoms with Gasteiger partial charge in [-0.1, -0.05) is 13.0 Å². The normalized spacial score (nSPS) is 9.41. The van der Waals surface area contributed by atoms with Gasteiger partial charge >= 0.3 is 0 Å². The number of benzene rings is 1. The average Bonchev–Trinajstić information content (AvgIpc) is 2.37. The molecule has 0 bridgehead atoms. The first-order valence-corrected chi connectivity index (χ1v) is 5.72. The van der Waals surface area contributed by atoms with E-state index < -0.39 is 0 Å². The lowest BCUT2D eigenvalue weighted by atomic mass is 10.2. The molecule has 3 nitrogen and oxygen atoms in total. The fraction of sp³-hybridized carbons (Fsp3) is 0.357. The maximum Gasteiger partial charge on any atom is 0.251 e. The van der Waals surface area contributed by atoms with Crippen LogP contribution in [0.2, 0.25) is 0 Å². The van der Waals surface area contributed by atoms with E-state index in [0.717, 1.165) is 12.2 Å². The molecule has 1 rings (SSSR count). The Hall–Kier alpha value is -1.95. The van der Waals surface area contributed by atoms with Crippen LogP contribution in [0.3, 0.4) is 0 Å². The Balaban J connectivity index is 2.58. The van der Waals surface area contributed by atoms with E-state index in [-0.39, 0.29) is 5.91 Å². The molecule has 0 fully saturated rings. The molecule has 0 aromatic heterocycles. The first-order chi connectivity index (χ1) is 8.27. The number of hydrogen-bond donors (Lipinski definition) is 1. The monoisotopic (exact) mass is 231 g/mol. The summed E-state index contributed by atoms with van der Waals surface area (Å²) in [6.45, 7) is 3.19. The van der Waals surface area contributed by atoms with Crippen LogP contribution in [0.1, 0.15) is 30.1 Å². The lowest BCUT2D eigenvalue weighted by Crippen LogP contribution is -2.24. The third-order valence-corrected chi connectivity index (χ3v) is 2.12. The highest BCUT2D eigenvalue weighted by molar-refractivity contribution is 5.94. The fourth-order valence-electron chi connectivity index (χ4n) is 1.30. The van der Waals surface area contributed by atoms with E-state index >= 15 is 0 Å². The molecule has 1 amide bonds. The van der Waals surface area contributed by atoms with E-state index in [0.29, 0.717) is 25.1 Å². The van der Waals surface area contributed by atoms with Crippen molar-refractivity contribution in [2.24, 2.45) is 0 Å². The topological polar surface area (TPSA) is 38.3 Å². The van der Waals surface area contributed by atoms with Crippen molar-refractivity contribution in [3.8, 4) is 18.1 Å². The second-order valence-electron chi connectivity index (χ2n) is 3.59. The van der Waals surface area contributed by atoms with Crippen molar-refractivity contribution in [3.63, 3.8) is 0 Å². The zero-order chi connectivity index (χ0) is 12.5. The quantitative estimate of drug-likeness (QED) is 0.602. The minimum Gasteiger partial charge on any atom is -0.494 e. The number of terminal acetylenes is 1. The molecule has 0 saturated heterocycles. The molecule has 17 heavy (non-hydrogen) atoms. The summed E-state index contributed by atoms with van der Waals surface area (Å²) in [5.74, 6) is 3.07. The van der Waals surface area contributed by atoms with Crippen molar-refractivity contribution in [2.45, 2.75) is 19.8 Å². The van der Waals surface area contributed by atoms with Gasteiger partial charge in [0.1, 0.15) is 5.75 Å². The smallest absolute Gasteiger partial charge is 0.251 e. The van der Waals surface area contributed by atoms with Crippen molar-refractivity contribution in [3.05, 3.63) is 29.8 Å². The summed E-state index contributed by atoms with van der Waals surface area (Å²) in [6.07, 6.45) is 6.59. The Morgan fingerprint density at radius 1 is 1.53 bits per heavy atom. The number of amides is 1. The predicted molar refractivity (Wildman–Crippen MR) is 68.0 cm³/mol. The van der Waals surface area contributed by atoms with E-state index in [2.05, 4.69) is 11.2 Å². The molecule has 0 aliphatic rings. The van der Waals surface area contributed by atoms with Crippen LogP contribution in [-0.2, 0) is 0 Å². The average molecular weight is 231 g/mol. The van der Waals surface area contributed by atoms with Crippen molar-refractivity contribution < 1.29 is 9.53 Å². The number of hydrogen-bond acceptors (Lipinski definition) is 2. The summed E-state index contributed by atoms with van der Waals surface area (Å²) >= 11 is 0. The Labute approximate surface area is 102 Å². The van der Waals surface area contributed by atoms with Crippen LogP contribution in [0, 0.1) is 12.3 Å². The standard InChI is InChI=1S/C14H17NO2/c1-3-5-9-15-14(16)12-7-6-8-13(11-12)17-10-4-2/h1,6-8,11H,4-5,9-10H2,2H3,(H,15,16). The zero-order valence-electron chi connectivity index (χ0n) is 10.0. The molecule has 0 heterocycles. The van der Waals surface area contributed by atoms with Gasteiger partial charge in [0.2, 0.25) is 0 Å². The van der Waals surface area contributed by atoms with E-state index in [1.54, 1.807) is 18.2 Å². The van der Waals surface area contributed by atoms with Gasteiger partial charge in [-0.25, -0.2) is 0 Å². The van der Waals surface area contributed by atoms with Crippen LogP contribution >= 0.6 is 0 Å². The highest BCUT2D eigenvalue weighted by Crippen LogP contribution is 2.13. The Kier molecular flexibility index (Phi) is 5.67. The number of nitrogens with one attached hydrogen (secondary N) is 1. The van der Waals surface area contributed by atoms with Gasteiger partial charge in [0.25, 0.3) is 5.91 Å². The van der Waals surface area contributed by atoms with Gasteiger partial charge in [-0.15, -0.1) is 12.3 Å². The first kappa shape index (κ1) is 13.1. The van der Waals surface area contributed by atoms with Gasteiger partial charge in [-0.3, -0.25) is 4.79 Å². The van der Waals surface area contributed by atoms with Gasteiger partial charge in [0, 0.05) is 18.5 Å². The van der Waals surface area contributed by atoms with Crippen molar-refractivity contribution >= 4 is 5.91 Å². The second kappa shape index (κ2) is 7.34. The molecule has 1 aromatic rings. The molecule has 90 valence electrons. The molecule has 1 aromatic carbocycles. The second-order valence-corrected chi connectivity index (χ2v) is 3.59. The molecule has 0 atom stereocenters. The molecular formula is C14H17NO2. The lowest BCUT2D eigenvalue weighted by Gasteiger charge is -2.07. The van der Waals surface area contributed by atoms with Gasteiger partial charge in [0.05, 0.1) is 6.61 Å². The summed E-state index contributed by atoms with van der Waals surface area (Å²) in [7, 11) is 0. The Morgan fingerprint density at radius 2 is 2.35 bits per heavy atom. The number of carbonyl (C=O) groups is 1. The largest absolute Gasteiger partial charge is 0.494 e. The van der Waals surface area contributed by atoms with Crippen molar-refractivity contribution in [2.75, 3.05) is 13.2 Å². The van der Waals surface area contributed by atoms with Gasteiger partial charge in [-0.2, -0.15) is 0 Å². The molecule has 0 spiro atoms. The van der Waals surface area contributed by atoms with Crippen molar-refractivity contribution in [1.82, 2.24) is 5.32 Å². The number of carbonyl (C=O) groups excluding carboxylic acids is 1. The summed E-state index contributed by atoms with van der Waals surface area (Å²) in [6, 6.07) is 7.14. The van der Waals surface area contributed by atoms with E-state index in [4.69, 9.17) is 11.2 Å². The minimum atomic E-state index is -0.123. The summed E-state index contributed by atoms with van der Waals surface area (Å²) in [4.78, 5) is 11.7. The number of ether oxygens (including phenoxy) is 1. The summed E-state index contributed by atoms with van der Waals surface area (Å²) in [5.41, 5.74) is 0.593. The fourth-order valence-corrected chi connectivity index (χ4v) is 1.30. The molecule has 0 radical (unpaired) electrons. The van der Waals surface area contributed by atoms with E-state index in [1.807, 2.05) is 13.0 Å². The highest BCUT2D eigenvalue weighted by Gasteiger charge is 2.05. The molecular weight excluding hydrogens is 214 g/mol. The molecule has 1 N–H and O–H groups in total. The van der Waals surface area contributed by atoms with Crippen LogP contribution < -0.4 is 10.1 Å². The van der Waals surface area contributed by atoms with Crippen LogP contribution in [0.4, 0.5) is 0 Å². The third-order valence-electron chi connectivity index (χ3n) is 2.12. The van der Waals surface area contributed by atoms with Crippen LogP contribution in [0.15, 0.2) is 24.3 Å². The van der Waals surface area contributed by atoms with E-state index in [1.165, 1.54) is 0 Å². The van der Waals surface area contributed by atoms with Crippen LogP contribution in [0.25, 0.3) is 0 Å². The van der Waals surface area contributed by atoms with Crippen molar-refractivity contribution in [1.29, 1.82) is 0 Å². The minimum absolute atomic E-state index is 0.123. The molecule has 0 aliphatic carbocycles. The Bertz CT molecular complexity index is 407. The molecule has 0 saturated carbocycles. The maximum absolute atomic E-state index is 11.7. The molecule has 0 unspecified atom stereocenters. The van der Waals surface area contributed by atoms with Gasteiger partial charge in [-0.05, 0) is 24.6 Å². The Morgan fingerprint density at radius 3 is 3.06 bits per heavy atom. The third kappa shape index (κ3) is 4.60. The van der Waals surface area contributed by atoms with Crippen LogP contribution in [0.5, 0.6) is 5.75 Å². The maximum atomic E-state index is 11.7. The summed E-state index contributed by atoms with van der Waals surface area (Å²) in [5, 5.41) is 2.75. The number of rotatable bonds is 6. The zero-order valence-corrected chi connectivity index (χ0v) is 10.0. The van der Waals surface area contributed by atoms with Gasteiger partial charge in [0.15, 0.2) is 0 Å². The highest BCUT2D eigenvalue weighted by atomic mass is 16.5. The molecule has 3 heteroatoms. The summed E-state index contributed by atoms with van der Waals surface area (Å²) < 4.78 is 5.46. The molecule has 0 aliphatic heterocycles. The predicted octanol–water partition coefficient (Wildman–Crippen LogP) is 2.23. The first-order valence-electron chi connectivity index (χ1n) is 5.72. The van der Waals surface area contributed by atoms with Crippen LogP contribution in [-0.4, -0.2) is 19.1 Å². The lowest BCUT2D eigenvalue weighted by molar-refractivity contribution is 0.0954.